The number of pyridine rings is 1. The van der Waals surface area contributed by atoms with Gasteiger partial charge >= 0.3 is 5.97 Å². The van der Waals surface area contributed by atoms with Gasteiger partial charge in [0.2, 0.25) is 0 Å². The first kappa shape index (κ1) is 17.1. The molecule has 1 aromatic heterocycles. The van der Waals surface area contributed by atoms with Crippen LogP contribution in [0.25, 0.3) is 0 Å². The molecule has 0 radical (unpaired) electrons. The first-order chi connectivity index (χ1) is 10.7. The van der Waals surface area contributed by atoms with Gasteiger partial charge in [0, 0.05) is 6.20 Å². The molecule has 0 spiro atoms. The number of benzene rings is 1. The van der Waals surface area contributed by atoms with Crippen molar-refractivity contribution in [3.63, 3.8) is 0 Å². The van der Waals surface area contributed by atoms with Crippen LogP contribution in [0.15, 0.2) is 62.4 Å². The van der Waals surface area contributed by atoms with E-state index in [1.54, 1.807) is 25.1 Å². The summed E-state index contributed by atoms with van der Waals surface area (Å²) >= 11 is 0. The van der Waals surface area contributed by atoms with Crippen LogP contribution in [0.2, 0.25) is 0 Å². The SMILES string of the molecule is Cc1ccc(S(=O)(=O)N=S(=O)(CC(=O)O)c2ccccn2)cc1. The second-order valence-corrected chi connectivity index (χ2v) is 8.71. The molecule has 0 saturated carbocycles. The zero-order chi connectivity index (χ0) is 17.1. The van der Waals surface area contributed by atoms with Crippen molar-refractivity contribution in [1.82, 2.24) is 4.98 Å². The molecule has 0 aliphatic carbocycles. The smallest absolute Gasteiger partial charge is 0.317 e. The summed E-state index contributed by atoms with van der Waals surface area (Å²) in [6.45, 7) is 1.79. The third-order valence-corrected chi connectivity index (χ3v) is 6.97. The van der Waals surface area contributed by atoms with Crippen molar-refractivity contribution in [2.75, 3.05) is 5.75 Å². The van der Waals surface area contributed by atoms with Gasteiger partial charge in [-0.3, -0.25) is 4.79 Å². The molecule has 122 valence electrons. The molecule has 9 heteroatoms. The topological polar surface area (TPSA) is 114 Å². The Morgan fingerprint density at radius 3 is 2.30 bits per heavy atom. The van der Waals surface area contributed by atoms with E-state index in [0.29, 0.717) is 0 Å². The molecule has 2 rings (SSSR count). The average Bonchev–Trinajstić information content (AvgIpc) is 2.47. The molecule has 2 aromatic rings. The minimum absolute atomic E-state index is 0.155. The maximum atomic E-state index is 12.9. The number of hydrogen-bond acceptors (Lipinski definition) is 5. The Labute approximate surface area is 134 Å². The summed E-state index contributed by atoms with van der Waals surface area (Å²) in [6, 6.07) is 10.1. The van der Waals surface area contributed by atoms with Crippen LogP contribution in [0.4, 0.5) is 0 Å². The van der Waals surface area contributed by atoms with Crippen molar-refractivity contribution in [3.8, 4) is 0 Å². The number of hydrogen-bond donors (Lipinski definition) is 1. The standard InChI is InChI=1S/C14H14N2O5S2/c1-11-5-7-12(8-6-11)23(20,21)16-22(19,10-14(17)18)13-4-2-3-9-15-13/h2-9H,10H2,1H3,(H,17,18). The van der Waals surface area contributed by atoms with Crippen molar-refractivity contribution >= 4 is 25.7 Å². The van der Waals surface area contributed by atoms with Crippen LogP contribution in [0.3, 0.4) is 0 Å². The van der Waals surface area contributed by atoms with Crippen LogP contribution in [0, 0.1) is 6.92 Å². The fourth-order valence-corrected chi connectivity index (χ4v) is 5.36. The minimum Gasteiger partial charge on any atom is -0.481 e. The lowest BCUT2D eigenvalue weighted by atomic mass is 10.2. The van der Waals surface area contributed by atoms with E-state index in [9.17, 15) is 17.4 Å². The number of carbonyl (C=O) groups is 1. The summed E-state index contributed by atoms with van der Waals surface area (Å²) in [7, 11) is -8.04. The molecule has 7 nitrogen and oxygen atoms in total. The van der Waals surface area contributed by atoms with Crippen LogP contribution in [0.5, 0.6) is 0 Å². The molecular formula is C14H14N2O5S2. The minimum atomic E-state index is -4.28. The molecule has 1 heterocycles. The summed E-state index contributed by atoms with van der Waals surface area (Å²) in [5.41, 5.74) is 0.847. The highest BCUT2D eigenvalue weighted by Crippen LogP contribution is 2.19. The molecule has 1 N–H and O–H groups in total. The van der Waals surface area contributed by atoms with Crippen LogP contribution in [0.1, 0.15) is 5.56 Å². The van der Waals surface area contributed by atoms with Gasteiger partial charge in [0.15, 0.2) is 0 Å². The Bertz CT molecular complexity index is 929. The number of aromatic nitrogens is 1. The van der Waals surface area contributed by atoms with Gasteiger partial charge in [-0.2, -0.15) is 8.42 Å². The number of aryl methyl sites for hydroxylation is 1. The van der Waals surface area contributed by atoms with Gasteiger partial charge in [-0.25, -0.2) is 9.19 Å². The van der Waals surface area contributed by atoms with Crippen molar-refractivity contribution in [3.05, 3.63) is 54.2 Å². The second-order valence-electron chi connectivity index (χ2n) is 4.71. The summed E-state index contributed by atoms with van der Waals surface area (Å²) in [5, 5.41) is 8.77. The van der Waals surface area contributed by atoms with E-state index in [-0.39, 0.29) is 9.92 Å². The monoisotopic (exact) mass is 354 g/mol. The molecule has 1 aromatic carbocycles. The van der Waals surface area contributed by atoms with Gasteiger partial charge in [0.05, 0.1) is 4.90 Å². The molecule has 0 aliphatic rings. The van der Waals surface area contributed by atoms with E-state index >= 15 is 0 Å². The fraction of sp³-hybridized carbons (Fsp3) is 0.143. The van der Waals surface area contributed by atoms with E-state index in [0.717, 1.165) is 5.56 Å². The number of rotatable bonds is 5. The Morgan fingerprint density at radius 2 is 1.78 bits per heavy atom. The summed E-state index contributed by atoms with van der Waals surface area (Å²) in [5.74, 6) is -2.38. The lowest BCUT2D eigenvalue weighted by Gasteiger charge is -2.07. The largest absolute Gasteiger partial charge is 0.481 e. The van der Waals surface area contributed by atoms with Gasteiger partial charge in [0.25, 0.3) is 10.0 Å². The molecule has 0 aliphatic heterocycles. The van der Waals surface area contributed by atoms with Gasteiger partial charge in [0.1, 0.15) is 20.5 Å². The van der Waals surface area contributed by atoms with E-state index in [2.05, 4.69) is 8.75 Å². The predicted octanol–water partition coefficient (Wildman–Crippen LogP) is 1.69. The molecule has 0 bridgehead atoms. The zero-order valence-electron chi connectivity index (χ0n) is 12.1. The summed E-state index contributed by atoms with van der Waals surface area (Å²) in [6.07, 6.45) is 1.30. The van der Waals surface area contributed by atoms with Crippen LogP contribution in [-0.4, -0.2) is 34.4 Å². The van der Waals surface area contributed by atoms with Crippen molar-refractivity contribution in [2.45, 2.75) is 16.8 Å². The van der Waals surface area contributed by atoms with E-state index in [4.69, 9.17) is 5.11 Å². The number of carboxylic acid groups (broad SMARTS) is 1. The molecule has 23 heavy (non-hydrogen) atoms. The first-order valence-electron chi connectivity index (χ1n) is 6.44. The summed E-state index contributed by atoms with van der Waals surface area (Å²) < 4.78 is 41.0. The lowest BCUT2D eigenvalue weighted by molar-refractivity contribution is -0.134. The van der Waals surface area contributed by atoms with Crippen molar-refractivity contribution in [1.29, 1.82) is 0 Å². The van der Waals surface area contributed by atoms with E-state index in [1.807, 2.05) is 0 Å². The van der Waals surface area contributed by atoms with Gasteiger partial charge in [-0.1, -0.05) is 23.8 Å². The molecule has 1 unspecified atom stereocenters. The van der Waals surface area contributed by atoms with Crippen molar-refractivity contribution in [2.24, 2.45) is 3.77 Å². The van der Waals surface area contributed by atoms with Gasteiger partial charge in [-0.15, -0.1) is 3.77 Å². The number of carboxylic acids is 1. The first-order valence-corrected chi connectivity index (χ1v) is 9.56. The highest BCUT2D eigenvalue weighted by Gasteiger charge is 2.24. The number of nitrogens with zero attached hydrogens (tertiary/aromatic N) is 2. The normalized spacial score (nSPS) is 14.0. The Hall–Kier alpha value is -2.26. The van der Waals surface area contributed by atoms with E-state index < -0.39 is 31.5 Å². The Kier molecular flexibility index (Phi) is 4.81. The van der Waals surface area contributed by atoms with Gasteiger partial charge < -0.3 is 5.11 Å². The van der Waals surface area contributed by atoms with E-state index in [1.165, 1.54) is 30.5 Å². The van der Waals surface area contributed by atoms with Crippen LogP contribution >= 0.6 is 0 Å². The maximum absolute atomic E-state index is 12.9. The fourth-order valence-electron chi connectivity index (χ4n) is 1.75. The molecule has 1 atom stereocenters. The number of aliphatic carboxylic acids is 1. The second kappa shape index (κ2) is 6.47. The molecular weight excluding hydrogens is 340 g/mol. The van der Waals surface area contributed by atoms with Crippen molar-refractivity contribution < 1.29 is 22.5 Å². The molecule has 0 saturated heterocycles. The molecule has 0 amide bonds. The average molecular weight is 354 g/mol. The Balaban J connectivity index is 2.64. The third kappa shape index (κ3) is 4.14. The van der Waals surface area contributed by atoms with Gasteiger partial charge in [-0.05, 0) is 31.2 Å². The predicted molar refractivity (Wildman–Crippen MR) is 83.9 cm³/mol. The summed E-state index contributed by atoms with van der Waals surface area (Å²) in [4.78, 5) is 14.6. The zero-order valence-corrected chi connectivity index (χ0v) is 13.8. The van der Waals surface area contributed by atoms with Crippen LogP contribution in [-0.2, 0) is 24.5 Å². The highest BCUT2D eigenvalue weighted by atomic mass is 32.3. The maximum Gasteiger partial charge on any atom is 0.317 e. The number of sulfonamides is 1. The highest BCUT2D eigenvalue weighted by molar-refractivity contribution is 8.03. The lowest BCUT2D eigenvalue weighted by Crippen LogP contribution is -2.18. The Morgan fingerprint density at radius 1 is 1.13 bits per heavy atom. The third-order valence-electron chi connectivity index (χ3n) is 2.82. The van der Waals surface area contributed by atoms with Crippen LogP contribution < -0.4 is 0 Å². The molecule has 0 fully saturated rings. The quantitative estimate of drug-likeness (QED) is 0.874.